The van der Waals surface area contributed by atoms with Crippen LogP contribution in [-0.4, -0.2) is 47.9 Å². The Morgan fingerprint density at radius 2 is 2.22 bits per heavy atom. The molecule has 2 atom stereocenters. The highest BCUT2D eigenvalue weighted by Gasteiger charge is 2.56. The fourth-order valence-electron chi connectivity index (χ4n) is 3.79. The van der Waals surface area contributed by atoms with Crippen LogP contribution in [-0.2, 0) is 11.3 Å². The van der Waals surface area contributed by atoms with Crippen molar-refractivity contribution < 1.29 is 14.6 Å². The number of hydrogen-bond acceptors (Lipinski definition) is 4. The third-order valence-corrected chi connectivity index (χ3v) is 6.39. The summed E-state index contributed by atoms with van der Waals surface area (Å²) in [5.74, 6) is 0. The van der Waals surface area contributed by atoms with E-state index < -0.39 is 0 Å². The molecule has 2 amide bonds. The molecule has 1 spiro atoms. The lowest BCUT2D eigenvalue weighted by molar-refractivity contribution is -0.207. The molecule has 1 aliphatic carbocycles. The largest absolute Gasteiger partial charge is 0.392 e. The van der Waals surface area contributed by atoms with Gasteiger partial charge in [0.05, 0.1) is 12.2 Å². The van der Waals surface area contributed by atoms with Crippen molar-refractivity contribution in [3.05, 3.63) is 21.9 Å². The van der Waals surface area contributed by atoms with Crippen LogP contribution in [0.1, 0.15) is 37.3 Å². The summed E-state index contributed by atoms with van der Waals surface area (Å²) in [6, 6.07) is -0.00720. The molecule has 0 bridgehead atoms. The summed E-state index contributed by atoms with van der Waals surface area (Å²) in [6.07, 6.45) is 2.25. The molecule has 1 aliphatic heterocycles. The molecule has 2 N–H and O–H groups in total. The van der Waals surface area contributed by atoms with E-state index in [1.54, 1.807) is 11.3 Å². The summed E-state index contributed by atoms with van der Waals surface area (Å²) >= 11 is 1.66. The number of thiophene rings is 1. The van der Waals surface area contributed by atoms with Crippen LogP contribution in [0.4, 0.5) is 4.79 Å². The summed E-state index contributed by atoms with van der Waals surface area (Å²) in [7, 11) is 0. The van der Waals surface area contributed by atoms with Gasteiger partial charge < -0.3 is 20.1 Å². The SMILES string of the molecule is CCO[C@@H]1C[C@@H](O)C12CCN(C(=O)NCc1cscc1C)CC2. The lowest BCUT2D eigenvalue weighted by Crippen LogP contribution is -2.63. The number of hydrogen-bond donors (Lipinski definition) is 2. The van der Waals surface area contributed by atoms with Gasteiger partial charge in [-0.1, -0.05) is 0 Å². The molecule has 2 fully saturated rings. The molecule has 2 aliphatic rings. The summed E-state index contributed by atoms with van der Waals surface area (Å²) in [5.41, 5.74) is 2.28. The topological polar surface area (TPSA) is 61.8 Å². The molecule has 128 valence electrons. The highest BCUT2D eigenvalue weighted by atomic mass is 32.1. The number of aliphatic hydroxyl groups is 1. The number of aryl methyl sites for hydroxylation is 1. The van der Waals surface area contributed by atoms with Crippen molar-refractivity contribution >= 4 is 17.4 Å². The van der Waals surface area contributed by atoms with Gasteiger partial charge in [0, 0.05) is 38.1 Å². The molecule has 6 heteroatoms. The Hall–Kier alpha value is -1.11. The molecule has 1 saturated heterocycles. The first-order valence-electron chi connectivity index (χ1n) is 8.41. The Morgan fingerprint density at radius 1 is 1.48 bits per heavy atom. The minimum atomic E-state index is -0.280. The van der Waals surface area contributed by atoms with Gasteiger partial charge in [0.15, 0.2) is 0 Å². The standard InChI is InChI=1S/C17H26N2O3S/c1-3-22-15-8-14(20)17(15)4-6-19(7-5-17)16(21)18-9-13-11-23-10-12(13)2/h10-11,14-15,20H,3-9H2,1-2H3,(H,18,21)/t14-,15-/m1/s1. The van der Waals surface area contributed by atoms with Gasteiger partial charge in [-0.25, -0.2) is 4.79 Å². The van der Waals surface area contributed by atoms with Crippen molar-refractivity contribution in [2.24, 2.45) is 5.41 Å². The second kappa shape index (κ2) is 6.79. The summed E-state index contributed by atoms with van der Waals surface area (Å²) in [5, 5.41) is 17.4. The molecule has 1 aromatic heterocycles. The zero-order valence-corrected chi connectivity index (χ0v) is 14.7. The monoisotopic (exact) mass is 338 g/mol. The van der Waals surface area contributed by atoms with E-state index >= 15 is 0 Å². The first kappa shape index (κ1) is 16.7. The van der Waals surface area contributed by atoms with Crippen LogP contribution in [0.15, 0.2) is 10.8 Å². The van der Waals surface area contributed by atoms with Crippen molar-refractivity contribution in [1.29, 1.82) is 0 Å². The van der Waals surface area contributed by atoms with E-state index in [2.05, 4.69) is 23.0 Å². The zero-order valence-electron chi connectivity index (χ0n) is 13.9. The lowest BCUT2D eigenvalue weighted by atomic mass is 9.58. The van der Waals surface area contributed by atoms with Crippen LogP contribution >= 0.6 is 11.3 Å². The Kier molecular flexibility index (Phi) is 4.94. The normalized spacial score (nSPS) is 26.1. The molecule has 1 aromatic rings. The fraction of sp³-hybridized carbons (Fsp3) is 0.706. The maximum absolute atomic E-state index is 12.3. The zero-order chi connectivity index (χ0) is 16.4. The van der Waals surface area contributed by atoms with Gasteiger partial charge in [0.25, 0.3) is 0 Å². The second-order valence-corrected chi connectivity index (χ2v) is 7.40. The first-order chi connectivity index (χ1) is 11.1. The second-order valence-electron chi connectivity index (χ2n) is 6.65. The Labute approximate surface area is 141 Å². The number of ether oxygens (including phenoxy) is 1. The van der Waals surface area contributed by atoms with Crippen LogP contribution in [0.3, 0.4) is 0 Å². The first-order valence-corrected chi connectivity index (χ1v) is 9.35. The predicted molar refractivity (Wildman–Crippen MR) is 90.6 cm³/mol. The maximum Gasteiger partial charge on any atom is 0.317 e. The van der Waals surface area contributed by atoms with Crippen LogP contribution in [0.5, 0.6) is 0 Å². The number of nitrogens with zero attached hydrogens (tertiary/aromatic N) is 1. The predicted octanol–water partition coefficient (Wildman–Crippen LogP) is 2.52. The van der Waals surface area contributed by atoms with Crippen LogP contribution in [0, 0.1) is 12.3 Å². The number of amides is 2. The Morgan fingerprint density at radius 3 is 2.78 bits per heavy atom. The maximum atomic E-state index is 12.3. The van der Waals surface area contributed by atoms with E-state index in [-0.39, 0.29) is 23.7 Å². The van der Waals surface area contributed by atoms with E-state index in [0.29, 0.717) is 26.2 Å². The molecule has 23 heavy (non-hydrogen) atoms. The molecule has 1 saturated carbocycles. The third kappa shape index (κ3) is 3.12. The third-order valence-electron chi connectivity index (χ3n) is 5.48. The van der Waals surface area contributed by atoms with Crippen LogP contribution < -0.4 is 5.32 Å². The number of aliphatic hydroxyl groups excluding tert-OH is 1. The van der Waals surface area contributed by atoms with Gasteiger partial charge in [-0.05, 0) is 48.6 Å². The van der Waals surface area contributed by atoms with Gasteiger partial charge in [-0.3, -0.25) is 0 Å². The van der Waals surface area contributed by atoms with Crippen molar-refractivity contribution in [3.63, 3.8) is 0 Å². The van der Waals surface area contributed by atoms with Crippen molar-refractivity contribution in [2.75, 3.05) is 19.7 Å². The number of carbonyl (C=O) groups is 1. The number of nitrogens with one attached hydrogen (secondary N) is 1. The van der Waals surface area contributed by atoms with E-state index in [0.717, 1.165) is 19.3 Å². The fourth-order valence-corrected chi connectivity index (χ4v) is 4.65. The summed E-state index contributed by atoms with van der Waals surface area (Å²) < 4.78 is 5.77. The summed E-state index contributed by atoms with van der Waals surface area (Å²) in [4.78, 5) is 14.2. The molecule has 2 heterocycles. The van der Waals surface area contributed by atoms with Gasteiger partial charge in [-0.2, -0.15) is 11.3 Å². The van der Waals surface area contributed by atoms with Crippen LogP contribution in [0.25, 0.3) is 0 Å². The van der Waals surface area contributed by atoms with Gasteiger partial charge in [0.2, 0.25) is 0 Å². The highest BCUT2D eigenvalue weighted by Crippen LogP contribution is 2.50. The van der Waals surface area contributed by atoms with Crippen molar-refractivity contribution in [3.8, 4) is 0 Å². The number of urea groups is 1. The molecule has 0 aromatic carbocycles. The van der Waals surface area contributed by atoms with E-state index in [9.17, 15) is 9.90 Å². The van der Waals surface area contributed by atoms with Gasteiger partial charge in [-0.15, -0.1) is 0 Å². The molecule has 0 unspecified atom stereocenters. The van der Waals surface area contributed by atoms with Crippen molar-refractivity contribution in [2.45, 2.75) is 51.9 Å². The molecule has 0 radical (unpaired) electrons. The number of piperidine rings is 1. The Balaban J connectivity index is 1.50. The van der Waals surface area contributed by atoms with Crippen LogP contribution in [0.2, 0.25) is 0 Å². The number of likely N-dealkylation sites (tertiary alicyclic amines) is 1. The average molecular weight is 338 g/mol. The van der Waals surface area contributed by atoms with Gasteiger partial charge >= 0.3 is 6.03 Å². The minimum absolute atomic E-state index is 0.00720. The number of carbonyl (C=O) groups excluding carboxylic acids is 1. The highest BCUT2D eigenvalue weighted by molar-refractivity contribution is 7.08. The number of rotatable bonds is 4. The molecular weight excluding hydrogens is 312 g/mol. The minimum Gasteiger partial charge on any atom is -0.392 e. The van der Waals surface area contributed by atoms with E-state index in [4.69, 9.17) is 4.74 Å². The molecule has 3 rings (SSSR count). The molecule has 5 nitrogen and oxygen atoms in total. The average Bonchev–Trinajstić information content (AvgIpc) is 2.98. The Bertz CT molecular complexity index is 550. The van der Waals surface area contributed by atoms with E-state index in [1.807, 2.05) is 11.8 Å². The van der Waals surface area contributed by atoms with Crippen molar-refractivity contribution in [1.82, 2.24) is 10.2 Å². The van der Waals surface area contributed by atoms with E-state index in [1.165, 1.54) is 11.1 Å². The van der Waals surface area contributed by atoms with Gasteiger partial charge in [0.1, 0.15) is 0 Å². The lowest BCUT2D eigenvalue weighted by Gasteiger charge is -2.56. The summed E-state index contributed by atoms with van der Waals surface area (Å²) in [6.45, 7) is 6.70. The smallest absolute Gasteiger partial charge is 0.317 e. The quantitative estimate of drug-likeness (QED) is 0.887. The molecular formula is C17H26N2O3S.